The van der Waals surface area contributed by atoms with E-state index >= 15 is 0 Å². The van der Waals surface area contributed by atoms with E-state index < -0.39 is 11.3 Å². The van der Waals surface area contributed by atoms with Gasteiger partial charge in [-0.25, -0.2) is 4.21 Å². The Labute approximate surface area is 74.0 Å². The van der Waals surface area contributed by atoms with Crippen LogP contribution in [-0.4, -0.2) is 18.9 Å². The standard InChI is InChI=1S/C3H5NO2S2.Li.H/c5-8(6)4-1-2-7-3-4;;/h1-2H,3H2,(H,5,6);;/q;+1;-1. The molecule has 0 spiro atoms. The van der Waals surface area contributed by atoms with Crippen molar-refractivity contribution < 1.29 is 29.0 Å². The molecule has 0 radical (unpaired) electrons. The minimum absolute atomic E-state index is 0. The first-order valence-electron chi connectivity index (χ1n) is 1.96. The zero-order chi connectivity index (χ0) is 5.98. The van der Waals surface area contributed by atoms with E-state index in [1.54, 1.807) is 11.6 Å². The number of thioether (sulfide) groups is 1. The first kappa shape index (κ1) is 9.60. The van der Waals surface area contributed by atoms with Crippen LogP contribution in [0.4, 0.5) is 0 Å². The summed E-state index contributed by atoms with van der Waals surface area (Å²) in [4.78, 5) is 0. The van der Waals surface area contributed by atoms with Gasteiger partial charge >= 0.3 is 18.9 Å². The van der Waals surface area contributed by atoms with E-state index in [0.29, 0.717) is 5.88 Å². The first-order valence-corrected chi connectivity index (χ1v) is 4.08. The molecule has 1 heterocycles. The molecule has 1 aliphatic heterocycles. The molecule has 1 unspecified atom stereocenters. The van der Waals surface area contributed by atoms with Crippen LogP contribution in [0.15, 0.2) is 11.6 Å². The molecule has 1 N–H and O–H groups in total. The summed E-state index contributed by atoms with van der Waals surface area (Å²) in [5.41, 5.74) is 0. The van der Waals surface area contributed by atoms with Gasteiger partial charge in [-0.05, 0) is 5.41 Å². The summed E-state index contributed by atoms with van der Waals surface area (Å²) in [6, 6.07) is 0. The largest absolute Gasteiger partial charge is 1.00 e. The predicted molar refractivity (Wildman–Crippen MR) is 35.3 cm³/mol. The van der Waals surface area contributed by atoms with Gasteiger partial charge in [0, 0.05) is 6.20 Å². The van der Waals surface area contributed by atoms with Crippen molar-refractivity contribution in [3.63, 3.8) is 0 Å². The van der Waals surface area contributed by atoms with E-state index in [-0.39, 0.29) is 20.3 Å². The molecule has 1 rings (SSSR count). The maximum Gasteiger partial charge on any atom is 1.00 e. The molecule has 0 amide bonds. The summed E-state index contributed by atoms with van der Waals surface area (Å²) in [6.07, 6.45) is 1.60. The quantitative estimate of drug-likeness (QED) is 0.346. The van der Waals surface area contributed by atoms with Crippen LogP contribution in [0.1, 0.15) is 1.43 Å². The average molecular weight is 159 g/mol. The first-order chi connectivity index (χ1) is 3.80. The zero-order valence-corrected chi connectivity index (χ0v) is 6.61. The van der Waals surface area contributed by atoms with E-state index in [4.69, 9.17) is 4.55 Å². The molecule has 0 saturated carbocycles. The van der Waals surface area contributed by atoms with Crippen molar-refractivity contribution in [3.8, 4) is 0 Å². The van der Waals surface area contributed by atoms with Crippen molar-refractivity contribution in [2.24, 2.45) is 0 Å². The molecule has 0 saturated heterocycles. The Bertz CT molecular complexity index is 144. The molecule has 9 heavy (non-hydrogen) atoms. The fourth-order valence-electron chi connectivity index (χ4n) is 0.368. The Hall–Kier alpha value is 0.597. The Kier molecular flexibility index (Phi) is 4.71. The van der Waals surface area contributed by atoms with Crippen molar-refractivity contribution in [1.82, 2.24) is 4.31 Å². The Balaban J connectivity index is 0. The van der Waals surface area contributed by atoms with E-state index in [9.17, 15) is 4.21 Å². The van der Waals surface area contributed by atoms with Gasteiger partial charge in [-0.3, -0.25) is 8.86 Å². The molecule has 48 valence electrons. The van der Waals surface area contributed by atoms with Crippen LogP contribution in [0.3, 0.4) is 0 Å². The fourth-order valence-corrected chi connectivity index (χ4v) is 1.70. The number of rotatable bonds is 1. The van der Waals surface area contributed by atoms with Crippen molar-refractivity contribution in [2.75, 3.05) is 5.88 Å². The van der Waals surface area contributed by atoms with Crippen LogP contribution in [-0.2, 0) is 11.3 Å². The molecule has 0 aliphatic carbocycles. The molecule has 3 nitrogen and oxygen atoms in total. The average Bonchev–Trinajstić information content (AvgIpc) is 2.12. The topological polar surface area (TPSA) is 40.5 Å². The summed E-state index contributed by atoms with van der Waals surface area (Å²) in [6.45, 7) is 0. The molecule has 6 heteroatoms. The van der Waals surface area contributed by atoms with Gasteiger partial charge in [0.25, 0.3) is 11.3 Å². The summed E-state index contributed by atoms with van der Waals surface area (Å²) in [5.74, 6) is 0.586. The third-order valence-corrected chi connectivity index (χ3v) is 2.28. The normalized spacial score (nSPS) is 19.4. The van der Waals surface area contributed by atoms with Crippen LogP contribution in [0.5, 0.6) is 0 Å². The SMILES string of the molecule is O=S(O)N1C=CSC1.[H-].[Li+]. The van der Waals surface area contributed by atoms with Crippen molar-refractivity contribution in [1.29, 1.82) is 0 Å². The third kappa shape index (κ3) is 2.78. The molecular formula is C3H6LiNO2S2. The van der Waals surface area contributed by atoms with Gasteiger partial charge in [-0.1, -0.05) is 0 Å². The van der Waals surface area contributed by atoms with E-state index in [2.05, 4.69) is 0 Å². The molecule has 0 aromatic heterocycles. The van der Waals surface area contributed by atoms with Crippen molar-refractivity contribution >= 4 is 23.0 Å². The van der Waals surface area contributed by atoms with Gasteiger partial charge in [-0.2, -0.15) is 0 Å². The van der Waals surface area contributed by atoms with E-state index in [1.807, 2.05) is 0 Å². The van der Waals surface area contributed by atoms with Gasteiger partial charge in [0.05, 0.1) is 5.88 Å². The van der Waals surface area contributed by atoms with Crippen LogP contribution >= 0.6 is 11.8 Å². The van der Waals surface area contributed by atoms with Crippen LogP contribution < -0.4 is 18.9 Å². The third-order valence-electron chi connectivity index (χ3n) is 0.726. The van der Waals surface area contributed by atoms with Crippen LogP contribution in [0.25, 0.3) is 0 Å². The molecule has 0 bridgehead atoms. The number of hydrogen-bond donors (Lipinski definition) is 1. The fraction of sp³-hybridized carbons (Fsp3) is 0.333. The Morgan fingerprint density at radius 3 is 2.78 bits per heavy atom. The summed E-state index contributed by atoms with van der Waals surface area (Å²) < 4.78 is 19.9. The van der Waals surface area contributed by atoms with Gasteiger partial charge < -0.3 is 1.43 Å². The minimum atomic E-state index is -1.82. The summed E-state index contributed by atoms with van der Waals surface area (Å²) in [5, 5.41) is 1.79. The van der Waals surface area contributed by atoms with Gasteiger partial charge in [0.1, 0.15) is 0 Å². The Morgan fingerprint density at radius 1 is 1.89 bits per heavy atom. The predicted octanol–water partition coefficient (Wildman–Crippen LogP) is -2.28. The van der Waals surface area contributed by atoms with E-state index in [1.165, 1.54) is 16.1 Å². The molecular weight excluding hydrogens is 153 g/mol. The molecule has 0 aromatic carbocycles. The second kappa shape index (κ2) is 4.42. The summed E-state index contributed by atoms with van der Waals surface area (Å²) >= 11 is -0.312. The van der Waals surface area contributed by atoms with Crippen molar-refractivity contribution in [3.05, 3.63) is 11.6 Å². The number of nitrogens with zero attached hydrogens (tertiary/aromatic N) is 1. The molecule has 0 fully saturated rings. The molecule has 0 aromatic rings. The number of hydrogen-bond acceptors (Lipinski definition) is 2. The second-order valence-electron chi connectivity index (χ2n) is 1.23. The van der Waals surface area contributed by atoms with Gasteiger partial charge in [0.15, 0.2) is 0 Å². The van der Waals surface area contributed by atoms with Gasteiger partial charge in [0.2, 0.25) is 0 Å². The zero-order valence-electron chi connectivity index (χ0n) is 5.98. The maximum absolute atomic E-state index is 10.2. The summed E-state index contributed by atoms with van der Waals surface area (Å²) in [7, 11) is 0. The smallest absolute Gasteiger partial charge is 1.00 e. The van der Waals surface area contributed by atoms with Crippen molar-refractivity contribution in [2.45, 2.75) is 0 Å². The minimum Gasteiger partial charge on any atom is -1.00 e. The van der Waals surface area contributed by atoms with Crippen LogP contribution in [0.2, 0.25) is 0 Å². The Morgan fingerprint density at radius 2 is 2.56 bits per heavy atom. The van der Waals surface area contributed by atoms with Gasteiger partial charge in [-0.15, -0.1) is 11.8 Å². The maximum atomic E-state index is 10.2. The molecule has 1 atom stereocenters. The monoisotopic (exact) mass is 159 g/mol. The molecule has 1 aliphatic rings. The second-order valence-corrected chi connectivity index (χ2v) is 3.02. The van der Waals surface area contributed by atoms with Crippen LogP contribution in [0, 0.1) is 0 Å². The van der Waals surface area contributed by atoms with E-state index in [0.717, 1.165) is 0 Å².